The molecule has 2 heterocycles. The van der Waals surface area contributed by atoms with Gasteiger partial charge in [0.1, 0.15) is 22.3 Å². The van der Waals surface area contributed by atoms with Crippen LogP contribution in [0.15, 0.2) is 225 Å². The van der Waals surface area contributed by atoms with Gasteiger partial charge in [0.15, 0.2) is 0 Å². The summed E-state index contributed by atoms with van der Waals surface area (Å²) in [7, 11) is -1.44. The summed E-state index contributed by atoms with van der Waals surface area (Å²) in [5, 5.41) is 8.43. The van der Waals surface area contributed by atoms with Crippen molar-refractivity contribution >= 4 is 114 Å². The van der Waals surface area contributed by atoms with E-state index < -0.39 is 14.2 Å². The third-order valence-corrected chi connectivity index (χ3v) is 20.8. The Morgan fingerprint density at radius 1 is 0.561 bits per heavy atom. The smallest absolute Gasteiger partial charge is 0.149 e. The monoisotopic (exact) mass is 1100 g/mol. The van der Waals surface area contributed by atoms with Crippen molar-refractivity contribution in [3.05, 3.63) is 239 Å². The number of thioether (sulfide) groups is 1. The number of anilines is 5. The minimum atomic E-state index is -1.44. The molecule has 0 saturated carbocycles. The Kier molecular flexibility index (Phi) is 11.6. The predicted molar refractivity (Wildman–Crippen MR) is 353 cm³/mol. The van der Waals surface area contributed by atoms with E-state index in [1.807, 2.05) is 0 Å². The van der Waals surface area contributed by atoms with E-state index in [2.05, 4.69) is 271 Å². The summed E-state index contributed by atoms with van der Waals surface area (Å²) in [4.78, 5) is 6.36. The summed E-state index contributed by atoms with van der Waals surface area (Å²) in [5.74, 6) is 0. The van der Waals surface area contributed by atoms with Crippen LogP contribution in [0, 0.1) is 5.41 Å². The fourth-order valence-electron chi connectivity index (χ4n) is 14.5. The topological polar surface area (TPSA) is 32.8 Å². The predicted octanol–water partition coefficient (Wildman–Crippen LogP) is 20.7. The molecule has 0 bridgehead atoms. The third kappa shape index (κ3) is 7.63. The highest BCUT2D eigenvalue weighted by atomic mass is 32.2. The highest BCUT2D eigenvalue weighted by molar-refractivity contribution is 7.98. The summed E-state index contributed by atoms with van der Waals surface area (Å²) < 4.78 is 13.5. The second kappa shape index (κ2) is 18.8. The number of rotatable bonds is 8. The molecular weight excluding hydrogens is 1030 g/mol. The first-order valence-corrected chi connectivity index (χ1v) is 33.6. The lowest BCUT2D eigenvalue weighted by molar-refractivity contribution is 0.510. The fraction of sp³-hybridized carbons (Fsp3) is 0.211. The van der Waals surface area contributed by atoms with Gasteiger partial charge in [0.05, 0.1) is 30.8 Å². The molecule has 0 fully saturated rings. The second-order valence-corrected chi connectivity index (χ2v) is 29.4. The second-order valence-electron chi connectivity index (χ2n) is 25.6. The molecule has 4 aliphatic carbocycles. The molecule has 15 rings (SSSR count). The van der Waals surface area contributed by atoms with Crippen LogP contribution in [0.2, 0.25) is 13.1 Å². The zero-order valence-corrected chi connectivity index (χ0v) is 50.4. The van der Waals surface area contributed by atoms with Crippen LogP contribution in [-0.2, 0) is 10.8 Å². The van der Waals surface area contributed by atoms with Gasteiger partial charge >= 0.3 is 0 Å². The maximum atomic E-state index is 6.80. The Morgan fingerprint density at radius 3 is 1.91 bits per heavy atom. The average Bonchev–Trinajstić information content (AvgIpc) is 3.19. The molecule has 0 saturated heterocycles. The Bertz CT molecular complexity index is 4610. The third-order valence-electron chi connectivity index (χ3n) is 18.4. The normalized spacial score (nSPS) is 17.4. The van der Waals surface area contributed by atoms with Gasteiger partial charge in [-0.2, -0.15) is 0 Å². The van der Waals surface area contributed by atoms with Crippen molar-refractivity contribution in [3.8, 4) is 11.1 Å². The molecule has 2 unspecified atom stereocenters. The SMILES string of the molecule is CSc1cc(N(c2ccc3c(c2)C2(C4=C(C=CCC4)c4ccccc42)c2cc(N(c4ccc(C(C)(C)C)cc4)c4cc([SiH](C)C)c5oc6ccccc6c5c4)c4ccccc4c2-3)C2C=CC(C(C)(C)C)=CC2)cc2c1oc1ccccc12. The Balaban J connectivity index is 1.02. The van der Waals surface area contributed by atoms with Gasteiger partial charge in [-0.15, -0.1) is 11.8 Å². The fourth-order valence-corrected chi connectivity index (χ4v) is 16.3. The molecule has 0 aliphatic heterocycles. The first-order chi connectivity index (χ1) is 39.7. The summed E-state index contributed by atoms with van der Waals surface area (Å²) >= 11 is 1.76. The number of hydrogen-bond acceptors (Lipinski definition) is 5. The maximum absolute atomic E-state index is 6.80. The lowest BCUT2D eigenvalue weighted by Crippen LogP contribution is -2.32. The van der Waals surface area contributed by atoms with Crippen LogP contribution in [0.3, 0.4) is 0 Å². The first kappa shape index (κ1) is 50.9. The van der Waals surface area contributed by atoms with E-state index in [0.717, 1.165) is 79.7 Å². The lowest BCUT2D eigenvalue weighted by Gasteiger charge is -2.37. The van der Waals surface area contributed by atoms with E-state index in [4.69, 9.17) is 8.83 Å². The van der Waals surface area contributed by atoms with Gasteiger partial charge in [-0.3, -0.25) is 0 Å². The molecule has 0 amide bonds. The van der Waals surface area contributed by atoms with Crippen molar-refractivity contribution in [1.82, 2.24) is 0 Å². The van der Waals surface area contributed by atoms with Crippen molar-refractivity contribution in [3.63, 3.8) is 0 Å². The molecule has 82 heavy (non-hydrogen) atoms. The number of nitrogens with zero attached hydrogens (tertiary/aromatic N) is 2. The van der Waals surface area contributed by atoms with Gasteiger partial charge < -0.3 is 18.6 Å². The van der Waals surface area contributed by atoms with Crippen LogP contribution in [-0.4, -0.2) is 21.1 Å². The van der Waals surface area contributed by atoms with Crippen LogP contribution in [0.1, 0.15) is 88.6 Å². The van der Waals surface area contributed by atoms with Crippen LogP contribution in [0.5, 0.6) is 0 Å². The highest BCUT2D eigenvalue weighted by Crippen LogP contribution is 2.66. The van der Waals surface area contributed by atoms with Crippen LogP contribution in [0.4, 0.5) is 28.4 Å². The van der Waals surface area contributed by atoms with Crippen molar-refractivity contribution in [1.29, 1.82) is 0 Å². The summed E-state index contributed by atoms with van der Waals surface area (Å²) in [6, 6.07) is 65.0. The van der Waals surface area contributed by atoms with Crippen LogP contribution in [0.25, 0.3) is 71.3 Å². The summed E-state index contributed by atoms with van der Waals surface area (Å²) in [6.45, 7) is 18.8. The van der Waals surface area contributed by atoms with Crippen molar-refractivity contribution < 1.29 is 8.83 Å². The largest absolute Gasteiger partial charge is 0.456 e. The van der Waals surface area contributed by atoms with Crippen LogP contribution < -0.4 is 15.0 Å². The van der Waals surface area contributed by atoms with E-state index >= 15 is 0 Å². The molecule has 6 heteroatoms. The van der Waals surface area contributed by atoms with Gasteiger partial charge in [-0.1, -0.05) is 188 Å². The van der Waals surface area contributed by atoms with Gasteiger partial charge in [0.25, 0.3) is 0 Å². The van der Waals surface area contributed by atoms with Gasteiger partial charge in [0, 0.05) is 49.7 Å². The molecule has 9 aromatic carbocycles. The number of furan rings is 2. The molecule has 4 nitrogen and oxygen atoms in total. The number of allylic oxidation sites excluding steroid dienone is 6. The molecule has 0 radical (unpaired) electrons. The number of para-hydroxylation sites is 2. The molecule has 11 aromatic rings. The Labute approximate surface area is 487 Å². The highest BCUT2D eigenvalue weighted by Gasteiger charge is 2.54. The van der Waals surface area contributed by atoms with E-state index in [0.29, 0.717) is 0 Å². The molecule has 2 aromatic heterocycles. The van der Waals surface area contributed by atoms with Crippen molar-refractivity contribution in [2.45, 2.75) is 95.7 Å². The zero-order valence-electron chi connectivity index (χ0n) is 48.4. The molecule has 1 spiro atoms. The molecule has 2 atom stereocenters. The van der Waals surface area contributed by atoms with Crippen molar-refractivity contribution in [2.75, 3.05) is 16.1 Å². The van der Waals surface area contributed by atoms with E-state index in [1.165, 1.54) is 88.4 Å². The van der Waals surface area contributed by atoms with E-state index in [9.17, 15) is 0 Å². The Morgan fingerprint density at radius 2 is 1.22 bits per heavy atom. The number of fused-ring (bicyclic) bond motifs is 17. The lowest BCUT2D eigenvalue weighted by atomic mass is 9.67. The summed E-state index contributed by atoms with van der Waals surface area (Å²) in [5.41, 5.74) is 22.7. The van der Waals surface area contributed by atoms with Gasteiger partial charge in [0.2, 0.25) is 0 Å². The first-order valence-electron chi connectivity index (χ1n) is 29.4. The quantitative estimate of drug-likeness (QED) is 0.112. The van der Waals surface area contributed by atoms with Gasteiger partial charge in [-0.25, -0.2) is 0 Å². The van der Waals surface area contributed by atoms with E-state index in [1.54, 1.807) is 11.8 Å². The van der Waals surface area contributed by atoms with Crippen LogP contribution >= 0.6 is 11.8 Å². The minimum absolute atomic E-state index is 0.00599. The minimum Gasteiger partial charge on any atom is -0.456 e. The van der Waals surface area contributed by atoms with E-state index in [-0.39, 0.29) is 16.9 Å². The average molecular weight is 1100 g/mol. The molecule has 4 aliphatic rings. The van der Waals surface area contributed by atoms with Gasteiger partial charge in [-0.05, 0) is 169 Å². The molecular formula is C76H68N2O2SSi. The number of hydrogen-bond donors (Lipinski definition) is 0. The standard InChI is InChI=1S/C76H68N2O2SSi/c1-74(2,3)46-30-34-48(35-31-46)77(51-40-60-56-23-14-18-28-67(56)79-72(60)69(43-51)81-7)50-38-39-59-64(42-50)76(62-26-16-12-20-53(62)54-21-13-17-27-63(54)76)65-45-66(55-22-10-11-25-58(55)71(59)65)78(49-36-32-47(33-37-49)75(4,5)6)52-41-61-57-24-15-19-29-68(57)80-73(61)70(44-52)82(8)9/h10-16,18-26,28-34,36-45,48,82H,17,27,35H2,1-9H3. The number of benzene rings is 9. The zero-order chi connectivity index (χ0) is 56.0. The Hall–Kier alpha value is -8.03. The summed E-state index contributed by atoms with van der Waals surface area (Å²) in [6.07, 6.45) is 17.2. The maximum Gasteiger partial charge on any atom is 0.149 e. The molecule has 404 valence electrons. The molecule has 0 N–H and O–H groups in total. The van der Waals surface area contributed by atoms with Crippen molar-refractivity contribution in [2.24, 2.45) is 5.41 Å².